The third kappa shape index (κ3) is 3.57. The number of carbonyl (C=O) groups excluding carboxylic acids is 1. The molecule has 1 aliphatic rings. The van der Waals surface area contributed by atoms with E-state index in [1.165, 1.54) is 0 Å². The van der Waals surface area contributed by atoms with Crippen LogP contribution in [0.5, 0.6) is 5.75 Å². The Morgan fingerprint density at radius 3 is 2.78 bits per heavy atom. The van der Waals surface area contributed by atoms with Crippen LogP contribution in [0.4, 0.5) is 0 Å². The maximum absolute atomic E-state index is 11.9. The first-order chi connectivity index (χ1) is 8.79. The second kappa shape index (κ2) is 6.55. The largest absolute Gasteiger partial charge is 0.497 e. The molecule has 0 aliphatic carbocycles. The van der Waals surface area contributed by atoms with Crippen LogP contribution in [0, 0.1) is 0 Å². The summed E-state index contributed by atoms with van der Waals surface area (Å²) < 4.78 is 10.6. The Labute approximate surface area is 108 Å². The topological polar surface area (TPSA) is 35.5 Å². The van der Waals surface area contributed by atoms with E-state index < -0.39 is 0 Å². The second-order valence-electron chi connectivity index (χ2n) is 4.68. The van der Waals surface area contributed by atoms with E-state index in [2.05, 4.69) is 0 Å². The minimum absolute atomic E-state index is 0.204. The zero-order chi connectivity index (χ0) is 12.8. The molecule has 1 saturated heterocycles. The van der Waals surface area contributed by atoms with Gasteiger partial charge in [0.1, 0.15) is 5.75 Å². The molecule has 1 atom stereocenters. The summed E-state index contributed by atoms with van der Waals surface area (Å²) in [5.74, 6) is 0.988. The summed E-state index contributed by atoms with van der Waals surface area (Å²) in [5, 5.41) is 0. The van der Waals surface area contributed by atoms with Gasteiger partial charge in [-0.25, -0.2) is 0 Å². The minimum atomic E-state index is 0.204. The zero-order valence-electron chi connectivity index (χ0n) is 10.9. The number of ether oxygens (including phenoxy) is 2. The van der Waals surface area contributed by atoms with Gasteiger partial charge in [0.05, 0.1) is 13.2 Å². The fourth-order valence-corrected chi connectivity index (χ4v) is 2.28. The van der Waals surface area contributed by atoms with Crippen LogP contribution < -0.4 is 4.74 Å². The van der Waals surface area contributed by atoms with Crippen LogP contribution in [0.1, 0.15) is 42.5 Å². The van der Waals surface area contributed by atoms with E-state index in [1.807, 2.05) is 24.3 Å². The van der Waals surface area contributed by atoms with E-state index >= 15 is 0 Å². The predicted molar refractivity (Wildman–Crippen MR) is 70.1 cm³/mol. The van der Waals surface area contributed by atoms with Gasteiger partial charge in [0, 0.05) is 18.6 Å². The lowest BCUT2D eigenvalue weighted by atomic mass is 10.0. The standard InChI is InChI=1S/C15H20O3/c1-17-13-9-7-12(8-10-13)15(16)6-2-4-14-5-3-11-18-14/h7-10,14H,2-6,11H2,1H3. The molecule has 98 valence electrons. The Bertz CT molecular complexity index is 377. The smallest absolute Gasteiger partial charge is 0.162 e. The highest BCUT2D eigenvalue weighted by Crippen LogP contribution is 2.19. The first-order valence-electron chi connectivity index (χ1n) is 6.58. The second-order valence-corrected chi connectivity index (χ2v) is 4.68. The summed E-state index contributed by atoms with van der Waals surface area (Å²) in [6, 6.07) is 7.31. The van der Waals surface area contributed by atoms with Crippen LogP contribution in [0.25, 0.3) is 0 Å². The van der Waals surface area contributed by atoms with Crippen molar-refractivity contribution < 1.29 is 14.3 Å². The quantitative estimate of drug-likeness (QED) is 0.725. The highest BCUT2D eigenvalue weighted by Gasteiger charge is 2.15. The lowest BCUT2D eigenvalue weighted by Crippen LogP contribution is -2.06. The molecule has 0 radical (unpaired) electrons. The molecule has 1 heterocycles. The molecule has 1 fully saturated rings. The first kappa shape index (κ1) is 13.1. The van der Waals surface area contributed by atoms with Crippen LogP contribution in [0.3, 0.4) is 0 Å². The van der Waals surface area contributed by atoms with Gasteiger partial charge >= 0.3 is 0 Å². The Morgan fingerprint density at radius 1 is 1.39 bits per heavy atom. The van der Waals surface area contributed by atoms with Crippen LogP contribution in [0.2, 0.25) is 0 Å². The summed E-state index contributed by atoms with van der Waals surface area (Å²) in [4.78, 5) is 11.9. The van der Waals surface area contributed by atoms with Crippen LogP contribution in [-0.2, 0) is 4.74 Å². The highest BCUT2D eigenvalue weighted by atomic mass is 16.5. The molecule has 0 aromatic heterocycles. The third-order valence-corrected chi connectivity index (χ3v) is 3.37. The molecule has 0 bridgehead atoms. The molecule has 1 aliphatic heterocycles. The Kier molecular flexibility index (Phi) is 4.76. The normalized spacial score (nSPS) is 18.8. The molecule has 0 amide bonds. The summed E-state index contributed by atoms with van der Waals surface area (Å²) in [7, 11) is 1.62. The van der Waals surface area contributed by atoms with Gasteiger partial charge in [0.2, 0.25) is 0 Å². The van der Waals surface area contributed by atoms with Crippen LogP contribution in [-0.4, -0.2) is 25.6 Å². The van der Waals surface area contributed by atoms with Crippen molar-refractivity contribution in [1.29, 1.82) is 0 Å². The number of methoxy groups -OCH3 is 1. The molecule has 0 saturated carbocycles. The van der Waals surface area contributed by atoms with Crippen LogP contribution >= 0.6 is 0 Å². The fraction of sp³-hybridized carbons (Fsp3) is 0.533. The molecule has 18 heavy (non-hydrogen) atoms. The number of hydrogen-bond donors (Lipinski definition) is 0. The van der Waals surface area contributed by atoms with E-state index in [0.717, 1.165) is 43.6 Å². The number of hydrogen-bond acceptors (Lipinski definition) is 3. The number of ketones is 1. The van der Waals surface area contributed by atoms with Crippen molar-refractivity contribution in [2.24, 2.45) is 0 Å². The summed E-state index contributed by atoms with van der Waals surface area (Å²) in [6.45, 7) is 0.886. The molecule has 3 heteroatoms. The molecule has 1 aromatic carbocycles. The molecular weight excluding hydrogens is 228 g/mol. The SMILES string of the molecule is COc1ccc(C(=O)CCCC2CCCO2)cc1. The molecule has 0 spiro atoms. The molecule has 1 unspecified atom stereocenters. The van der Waals surface area contributed by atoms with Gasteiger partial charge in [-0.15, -0.1) is 0 Å². The maximum atomic E-state index is 11.9. The van der Waals surface area contributed by atoms with Gasteiger partial charge in [0.15, 0.2) is 5.78 Å². The Morgan fingerprint density at radius 2 is 2.17 bits per heavy atom. The number of rotatable bonds is 6. The van der Waals surface area contributed by atoms with E-state index in [9.17, 15) is 4.79 Å². The molecule has 1 aromatic rings. The summed E-state index contributed by atoms with van der Waals surface area (Å²) in [6.07, 6.45) is 5.21. The van der Waals surface area contributed by atoms with Crippen molar-refractivity contribution in [3.63, 3.8) is 0 Å². The van der Waals surface area contributed by atoms with Crippen LogP contribution in [0.15, 0.2) is 24.3 Å². The number of carbonyl (C=O) groups is 1. The van der Waals surface area contributed by atoms with Gasteiger partial charge in [0.25, 0.3) is 0 Å². The van der Waals surface area contributed by atoms with E-state index in [1.54, 1.807) is 7.11 Å². The molecule has 0 N–H and O–H groups in total. The Balaban J connectivity index is 1.76. The summed E-state index contributed by atoms with van der Waals surface area (Å²) in [5.41, 5.74) is 0.767. The van der Waals surface area contributed by atoms with E-state index in [0.29, 0.717) is 12.5 Å². The maximum Gasteiger partial charge on any atom is 0.162 e. The average molecular weight is 248 g/mol. The summed E-state index contributed by atoms with van der Waals surface area (Å²) >= 11 is 0. The third-order valence-electron chi connectivity index (χ3n) is 3.37. The van der Waals surface area contributed by atoms with Crippen molar-refractivity contribution in [2.45, 2.75) is 38.2 Å². The van der Waals surface area contributed by atoms with E-state index in [-0.39, 0.29) is 5.78 Å². The average Bonchev–Trinajstić information content (AvgIpc) is 2.92. The monoisotopic (exact) mass is 248 g/mol. The molecule has 3 nitrogen and oxygen atoms in total. The Hall–Kier alpha value is -1.35. The highest BCUT2D eigenvalue weighted by molar-refractivity contribution is 5.96. The van der Waals surface area contributed by atoms with Gasteiger partial charge in [-0.3, -0.25) is 4.79 Å². The lowest BCUT2D eigenvalue weighted by Gasteiger charge is -2.08. The van der Waals surface area contributed by atoms with Crippen molar-refractivity contribution in [1.82, 2.24) is 0 Å². The van der Waals surface area contributed by atoms with Gasteiger partial charge in [-0.05, 0) is 49.9 Å². The van der Waals surface area contributed by atoms with Crippen molar-refractivity contribution in [3.8, 4) is 5.75 Å². The zero-order valence-corrected chi connectivity index (χ0v) is 10.9. The van der Waals surface area contributed by atoms with E-state index in [4.69, 9.17) is 9.47 Å². The van der Waals surface area contributed by atoms with Gasteiger partial charge in [-0.2, -0.15) is 0 Å². The van der Waals surface area contributed by atoms with Crippen molar-refractivity contribution in [2.75, 3.05) is 13.7 Å². The number of Topliss-reactive ketones (excluding diaryl/α,β-unsaturated/α-hetero) is 1. The molecular formula is C15H20O3. The van der Waals surface area contributed by atoms with Crippen molar-refractivity contribution >= 4 is 5.78 Å². The molecule has 2 rings (SSSR count). The lowest BCUT2D eigenvalue weighted by molar-refractivity contribution is 0.0923. The van der Waals surface area contributed by atoms with Crippen molar-refractivity contribution in [3.05, 3.63) is 29.8 Å². The number of benzene rings is 1. The first-order valence-corrected chi connectivity index (χ1v) is 6.58. The van der Waals surface area contributed by atoms with Gasteiger partial charge in [-0.1, -0.05) is 0 Å². The predicted octanol–water partition coefficient (Wildman–Crippen LogP) is 3.23. The fourth-order valence-electron chi connectivity index (χ4n) is 2.28. The van der Waals surface area contributed by atoms with Gasteiger partial charge < -0.3 is 9.47 Å². The minimum Gasteiger partial charge on any atom is -0.497 e.